The number of benzene rings is 1. The van der Waals surface area contributed by atoms with Crippen LogP contribution in [-0.2, 0) is 5.41 Å². The van der Waals surface area contributed by atoms with Crippen LogP contribution in [0.15, 0.2) is 35.7 Å². The van der Waals surface area contributed by atoms with Crippen molar-refractivity contribution in [2.45, 2.75) is 11.8 Å². The highest BCUT2D eigenvalue weighted by atomic mass is 32.1. The minimum Gasteiger partial charge on any atom is -0.395 e. The first-order valence-corrected chi connectivity index (χ1v) is 9.52. The molecule has 1 aromatic carbocycles. The summed E-state index contributed by atoms with van der Waals surface area (Å²) in [5.74, 6) is 0.349. The van der Waals surface area contributed by atoms with Crippen molar-refractivity contribution in [3.05, 3.63) is 47.0 Å². The van der Waals surface area contributed by atoms with Crippen LogP contribution in [0.2, 0.25) is 0 Å². The lowest BCUT2D eigenvalue weighted by Crippen LogP contribution is -2.51. The van der Waals surface area contributed by atoms with E-state index in [0.717, 1.165) is 32.6 Å². The van der Waals surface area contributed by atoms with Gasteiger partial charge in [0.25, 0.3) is 5.91 Å². The van der Waals surface area contributed by atoms with Gasteiger partial charge in [-0.15, -0.1) is 5.10 Å². The molecule has 0 saturated carbocycles. The maximum atomic E-state index is 12.7. The number of rotatable bonds is 4. The van der Waals surface area contributed by atoms with E-state index < -0.39 is 0 Å². The topological polar surface area (TPSA) is 69.6 Å². The van der Waals surface area contributed by atoms with Gasteiger partial charge in [0.05, 0.1) is 6.61 Å². The molecule has 4 rings (SSSR count). The summed E-state index contributed by atoms with van der Waals surface area (Å²) in [4.78, 5) is 16.9. The second kappa shape index (κ2) is 6.82. The van der Waals surface area contributed by atoms with E-state index in [1.54, 1.807) is 5.38 Å². The van der Waals surface area contributed by atoms with Crippen LogP contribution in [-0.4, -0.2) is 69.7 Å². The summed E-state index contributed by atoms with van der Waals surface area (Å²) < 4.78 is 3.81. The van der Waals surface area contributed by atoms with E-state index in [9.17, 15) is 9.90 Å². The molecule has 0 spiro atoms. The number of likely N-dealkylation sites (tertiary alicyclic amines) is 2. The van der Waals surface area contributed by atoms with Crippen molar-refractivity contribution in [3.8, 4) is 0 Å². The van der Waals surface area contributed by atoms with Crippen molar-refractivity contribution >= 4 is 17.4 Å². The van der Waals surface area contributed by atoms with E-state index in [-0.39, 0.29) is 17.9 Å². The van der Waals surface area contributed by atoms with Crippen molar-refractivity contribution in [1.29, 1.82) is 0 Å². The van der Waals surface area contributed by atoms with Gasteiger partial charge in [0, 0.05) is 49.4 Å². The number of nitrogens with zero attached hydrogens (tertiary/aromatic N) is 4. The van der Waals surface area contributed by atoms with E-state index in [0.29, 0.717) is 18.2 Å². The third kappa shape index (κ3) is 2.96. The molecule has 1 N–H and O–H groups in total. The summed E-state index contributed by atoms with van der Waals surface area (Å²) in [5, 5.41) is 15.0. The van der Waals surface area contributed by atoms with Gasteiger partial charge in [-0.2, -0.15) is 0 Å². The number of hydrogen-bond acceptors (Lipinski definition) is 6. The molecule has 1 amide bonds. The minimum absolute atomic E-state index is 0.0176. The Labute approximate surface area is 151 Å². The fourth-order valence-electron chi connectivity index (χ4n) is 4.44. The van der Waals surface area contributed by atoms with Gasteiger partial charge >= 0.3 is 0 Å². The van der Waals surface area contributed by atoms with Crippen molar-refractivity contribution in [2.75, 3.05) is 39.3 Å². The van der Waals surface area contributed by atoms with Gasteiger partial charge in [-0.1, -0.05) is 34.8 Å². The van der Waals surface area contributed by atoms with Crippen molar-refractivity contribution in [2.24, 2.45) is 5.92 Å². The van der Waals surface area contributed by atoms with E-state index >= 15 is 0 Å². The zero-order chi connectivity index (χ0) is 17.3. The zero-order valence-corrected chi connectivity index (χ0v) is 14.9. The van der Waals surface area contributed by atoms with E-state index in [2.05, 4.69) is 38.8 Å². The summed E-state index contributed by atoms with van der Waals surface area (Å²) in [5.41, 5.74) is 1.86. The number of hydrogen-bond donors (Lipinski definition) is 1. The van der Waals surface area contributed by atoms with Gasteiger partial charge in [0.2, 0.25) is 0 Å². The van der Waals surface area contributed by atoms with Crippen LogP contribution >= 0.6 is 11.5 Å². The lowest BCUT2D eigenvalue weighted by atomic mass is 9.68. The molecule has 2 fully saturated rings. The van der Waals surface area contributed by atoms with Gasteiger partial charge in [-0.3, -0.25) is 9.69 Å². The number of aliphatic hydroxyl groups excluding tert-OH is 1. The zero-order valence-electron chi connectivity index (χ0n) is 14.0. The molecule has 7 heteroatoms. The molecule has 2 aliphatic heterocycles. The van der Waals surface area contributed by atoms with Crippen LogP contribution in [0.3, 0.4) is 0 Å². The monoisotopic (exact) mass is 358 g/mol. The Balaban J connectivity index is 1.60. The molecule has 2 aliphatic rings. The van der Waals surface area contributed by atoms with Crippen LogP contribution in [0.1, 0.15) is 22.5 Å². The molecule has 0 aliphatic carbocycles. The predicted molar refractivity (Wildman–Crippen MR) is 95.6 cm³/mol. The number of aliphatic hydroxyl groups is 1. The fourth-order valence-corrected chi connectivity index (χ4v) is 4.87. The lowest BCUT2D eigenvalue weighted by Gasteiger charge is -2.44. The first-order chi connectivity index (χ1) is 12.2. The summed E-state index contributed by atoms with van der Waals surface area (Å²) in [6.07, 6.45) is 0.937. The average molecular weight is 358 g/mol. The normalized spacial score (nSPS) is 26.6. The molecule has 2 unspecified atom stereocenters. The van der Waals surface area contributed by atoms with Gasteiger partial charge in [-0.05, 0) is 23.5 Å². The molecule has 6 nitrogen and oxygen atoms in total. The Morgan fingerprint density at radius 1 is 1.32 bits per heavy atom. The highest BCUT2D eigenvalue weighted by molar-refractivity contribution is 7.03. The van der Waals surface area contributed by atoms with Crippen LogP contribution < -0.4 is 0 Å². The molecule has 0 radical (unpaired) electrons. The maximum absolute atomic E-state index is 12.7. The highest BCUT2D eigenvalue weighted by Crippen LogP contribution is 2.45. The van der Waals surface area contributed by atoms with Crippen molar-refractivity contribution in [3.63, 3.8) is 0 Å². The smallest absolute Gasteiger partial charge is 0.275 e. The Kier molecular flexibility index (Phi) is 4.54. The van der Waals surface area contributed by atoms with Crippen LogP contribution in [0.25, 0.3) is 0 Å². The van der Waals surface area contributed by atoms with Gasteiger partial charge in [-0.25, -0.2) is 0 Å². The third-order valence-corrected chi connectivity index (χ3v) is 6.17. The van der Waals surface area contributed by atoms with Crippen LogP contribution in [0.4, 0.5) is 0 Å². The number of β-amino-alcohol motifs (C(OH)–C–C–N with tert-alkyl or cyclic N) is 1. The number of aromatic nitrogens is 2. The van der Waals surface area contributed by atoms with Gasteiger partial charge < -0.3 is 10.0 Å². The molecule has 3 heterocycles. The Morgan fingerprint density at radius 3 is 2.88 bits per heavy atom. The number of carbonyl (C=O) groups excluding carboxylic acids is 1. The quantitative estimate of drug-likeness (QED) is 0.891. The lowest BCUT2D eigenvalue weighted by molar-refractivity contribution is 0.0597. The summed E-state index contributed by atoms with van der Waals surface area (Å²) in [6.45, 7) is 4.18. The van der Waals surface area contributed by atoms with E-state index in [1.807, 2.05) is 11.0 Å². The fraction of sp³-hybridized carbons (Fsp3) is 0.500. The number of carbonyl (C=O) groups is 1. The van der Waals surface area contributed by atoms with Gasteiger partial charge in [0.1, 0.15) is 0 Å². The van der Waals surface area contributed by atoms with Gasteiger partial charge in [0.15, 0.2) is 5.69 Å². The molecular formula is C18H22N4O2S. The van der Waals surface area contributed by atoms with Crippen LogP contribution in [0, 0.1) is 5.92 Å². The van der Waals surface area contributed by atoms with Crippen LogP contribution in [0.5, 0.6) is 0 Å². The SMILES string of the molecule is O=C(c1csnn1)N1CCC2(c3ccccc3)CN(CCO)CC2C1. The molecular weight excluding hydrogens is 336 g/mol. The van der Waals surface area contributed by atoms with Crippen molar-refractivity contribution < 1.29 is 9.90 Å². The Morgan fingerprint density at radius 2 is 2.16 bits per heavy atom. The molecule has 2 aromatic rings. The third-order valence-electron chi connectivity index (χ3n) is 5.67. The Bertz CT molecular complexity index is 724. The minimum atomic E-state index is -0.0176. The van der Waals surface area contributed by atoms with Crippen molar-refractivity contribution in [1.82, 2.24) is 19.4 Å². The highest BCUT2D eigenvalue weighted by Gasteiger charge is 2.50. The van der Waals surface area contributed by atoms with E-state index in [4.69, 9.17) is 0 Å². The summed E-state index contributed by atoms with van der Waals surface area (Å²) in [6, 6.07) is 10.6. The molecule has 132 valence electrons. The summed E-state index contributed by atoms with van der Waals surface area (Å²) >= 11 is 1.21. The average Bonchev–Trinajstić information content (AvgIpc) is 3.29. The predicted octanol–water partition coefficient (Wildman–Crippen LogP) is 1.25. The first kappa shape index (κ1) is 16.6. The second-order valence-corrected chi connectivity index (χ2v) is 7.58. The molecule has 0 bridgehead atoms. The number of amides is 1. The van der Waals surface area contributed by atoms with E-state index in [1.165, 1.54) is 17.1 Å². The molecule has 2 atom stereocenters. The number of fused-ring (bicyclic) bond motifs is 1. The maximum Gasteiger partial charge on any atom is 0.275 e. The largest absolute Gasteiger partial charge is 0.395 e. The Hall–Kier alpha value is -1.83. The molecule has 25 heavy (non-hydrogen) atoms. The summed E-state index contributed by atoms with van der Waals surface area (Å²) in [7, 11) is 0. The standard InChI is InChI=1S/C18H22N4O2S/c23-9-8-21-10-15-11-22(17(24)16-12-25-20-19-16)7-6-18(15,13-21)14-4-2-1-3-5-14/h1-5,12,15,23H,6-11,13H2. The molecule has 2 saturated heterocycles. The molecule has 1 aromatic heterocycles. The second-order valence-electron chi connectivity index (χ2n) is 6.97. The number of piperidine rings is 1. The first-order valence-electron chi connectivity index (χ1n) is 8.68.